The van der Waals surface area contributed by atoms with Gasteiger partial charge < -0.3 is 15.3 Å². The van der Waals surface area contributed by atoms with Gasteiger partial charge in [-0.25, -0.2) is 4.39 Å². The minimum absolute atomic E-state index is 0.328. The number of hydrogen-bond acceptors (Lipinski definition) is 4. The molecule has 1 aromatic rings. The fourth-order valence-electron chi connectivity index (χ4n) is 2.98. The summed E-state index contributed by atoms with van der Waals surface area (Å²) in [6.07, 6.45) is 3.06. The summed E-state index contributed by atoms with van der Waals surface area (Å²) in [5, 5.41) is 13.0. The predicted octanol–water partition coefficient (Wildman–Crippen LogP) is 2.62. The number of rotatable bonds is 3. The molecular weight excluding hydrogens is 303 g/mol. The number of aliphatic hydroxyl groups is 1. The number of hydrogen-bond donors (Lipinski definition) is 2. The molecule has 2 fully saturated rings. The van der Waals surface area contributed by atoms with Crippen LogP contribution in [0.2, 0.25) is 0 Å². The van der Waals surface area contributed by atoms with Gasteiger partial charge in [0.1, 0.15) is 11.4 Å². The van der Waals surface area contributed by atoms with Gasteiger partial charge in [-0.1, -0.05) is 0 Å². The van der Waals surface area contributed by atoms with Crippen molar-refractivity contribution < 1.29 is 14.3 Å². The second-order valence-corrected chi connectivity index (χ2v) is 7.18. The van der Waals surface area contributed by atoms with Crippen LogP contribution in [0, 0.1) is 5.82 Å². The summed E-state index contributed by atoms with van der Waals surface area (Å²) in [5.41, 5.74) is -0.338. The van der Waals surface area contributed by atoms with E-state index in [-0.39, 0.29) is 5.82 Å². The van der Waals surface area contributed by atoms with Gasteiger partial charge >= 0.3 is 0 Å². The average Bonchev–Trinajstić information content (AvgIpc) is 3.02. The first-order valence-corrected chi connectivity index (χ1v) is 8.90. The van der Waals surface area contributed by atoms with Crippen molar-refractivity contribution in [1.82, 2.24) is 0 Å². The monoisotopic (exact) mass is 324 g/mol. The van der Waals surface area contributed by atoms with E-state index in [1.54, 1.807) is 23.9 Å². The molecule has 0 aromatic heterocycles. The van der Waals surface area contributed by atoms with Crippen molar-refractivity contribution in [3.63, 3.8) is 0 Å². The van der Waals surface area contributed by atoms with Gasteiger partial charge in [0.15, 0.2) is 0 Å². The van der Waals surface area contributed by atoms with Crippen molar-refractivity contribution >= 4 is 29.0 Å². The number of nitrogens with one attached hydrogen (secondary N) is 1. The molecule has 120 valence electrons. The zero-order valence-electron chi connectivity index (χ0n) is 12.5. The summed E-state index contributed by atoms with van der Waals surface area (Å²) in [6.45, 7) is 1.75. The van der Waals surface area contributed by atoms with E-state index < -0.39 is 11.5 Å². The predicted molar refractivity (Wildman–Crippen MR) is 88.0 cm³/mol. The molecule has 3 rings (SSSR count). The van der Waals surface area contributed by atoms with Crippen molar-refractivity contribution in [2.75, 3.05) is 34.8 Å². The summed E-state index contributed by atoms with van der Waals surface area (Å²) in [4.78, 5) is 14.3. The van der Waals surface area contributed by atoms with Gasteiger partial charge in [0, 0.05) is 18.8 Å². The Morgan fingerprint density at radius 3 is 2.59 bits per heavy atom. The lowest BCUT2D eigenvalue weighted by molar-refractivity contribution is -0.134. The van der Waals surface area contributed by atoms with E-state index in [2.05, 4.69) is 5.32 Å². The summed E-state index contributed by atoms with van der Waals surface area (Å²) in [6, 6.07) is 4.75. The minimum Gasteiger partial charge on any atom is -0.380 e. The molecule has 1 aromatic carbocycles. The molecule has 2 heterocycles. The summed E-state index contributed by atoms with van der Waals surface area (Å²) in [5.74, 6) is 0.783. The van der Waals surface area contributed by atoms with Crippen LogP contribution < -0.4 is 10.2 Å². The fraction of sp³-hybridized carbons (Fsp3) is 0.562. The Morgan fingerprint density at radius 1 is 1.27 bits per heavy atom. The lowest BCUT2D eigenvalue weighted by atomic mass is 9.95. The Balaban J connectivity index is 1.70. The molecule has 22 heavy (non-hydrogen) atoms. The Labute approximate surface area is 134 Å². The summed E-state index contributed by atoms with van der Waals surface area (Å²) >= 11 is 1.73. The van der Waals surface area contributed by atoms with Gasteiger partial charge in [0.2, 0.25) is 0 Å². The van der Waals surface area contributed by atoms with Crippen LogP contribution >= 0.6 is 11.8 Å². The molecule has 0 bridgehead atoms. The Morgan fingerprint density at radius 2 is 1.95 bits per heavy atom. The molecular formula is C16H21FN2O2S. The lowest BCUT2D eigenvalue weighted by Crippen LogP contribution is -2.45. The number of carbonyl (C=O) groups is 1. The second kappa shape index (κ2) is 6.46. The van der Waals surface area contributed by atoms with E-state index in [1.165, 1.54) is 6.07 Å². The average molecular weight is 324 g/mol. The standard InChI is InChI=1S/C16H21FN2O2S/c17-13-11-12(3-4-14(13)19-7-1-2-8-19)18-15(20)16(21)5-9-22-10-6-16/h3-4,11,21H,1-2,5-10H2,(H,18,20). The molecule has 2 N–H and O–H groups in total. The maximum absolute atomic E-state index is 14.2. The van der Waals surface area contributed by atoms with Crippen molar-refractivity contribution in [3.8, 4) is 0 Å². The molecule has 0 radical (unpaired) electrons. The minimum atomic E-state index is -1.32. The fourth-order valence-corrected chi connectivity index (χ4v) is 4.15. The van der Waals surface area contributed by atoms with Crippen LogP contribution in [0.1, 0.15) is 25.7 Å². The topological polar surface area (TPSA) is 52.6 Å². The molecule has 2 aliphatic rings. The molecule has 6 heteroatoms. The van der Waals surface area contributed by atoms with Crippen LogP contribution in [0.15, 0.2) is 18.2 Å². The summed E-state index contributed by atoms with van der Waals surface area (Å²) in [7, 11) is 0. The number of nitrogens with zero attached hydrogens (tertiary/aromatic N) is 1. The highest BCUT2D eigenvalue weighted by Crippen LogP contribution is 2.30. The highest BCUT2D eigenvalue weighted by atomic mass is 32.2. The van der Waals surface area contributed by atoms with Gasteiger partial charge in [-0.3, -0.25) is 4.79 Å². The number of amides is 1. The van der Waals surface area contributed by atoms with Gasteiger partial charge in [-0.2, -0.15) is 11.8 Å². The van der Waals surface area contributed by atoms with Crippen LogP contribution in [0.5, 0.6) is 0 Å². The zero-order chi connectivity index (χ0) is 15.6. The Hall–Kier alpha value is -1.27. The van der Waals surface area contributed by atoms with E-state index in [0.29, 0.717) is 24.2 Å². The molecule has 0 aliphatic carbocycles. The second-order valence-electron chi connectivity index (χ2n) is 5.96. The van der Waals surface area contributed by atoms with Crippen molar-refractivity contribution in [3.05, 3.63) is 24.0 Å². The molecule has 0 unspecified atom stereocenters. The zero-order valence-corrected chi connectivity index (χ0v) is 13.3. The smallest absolute Gasteiger partial charge is 0.256 e. The Kier molecular flexibility index (Phi) is 4.59. The molecule has 2 aliphatic heterocycles. The van der Waals surface area contributed by atoms with Gasteiger partial charge in [0.25, 0.3) is 5.91 Å². The first-order valence-electron chi connectivity index (χ1n) is 7.75. The van der Waals surface area contributed by atoms with E-state index in [1.807, 2.05) is 4.90 Å². The van der Waals surface area contributed by atoms with E-state index in [9.17, 15) is 14.3 Å². The largest absolute Gasteiger partial charge is 0.380 e. The maximum atomic E-state index is 14.2. The molecule has 0 spiro atoms. The Bertz CT molecular complexity index is 555. The highest BCUT2D eigenvalue weighted by molar-refractivity contribution is 7.99. The normalized spacial score (nSPS) is 20.9. The number of halogens is 1. The van der Waals surface area contributed by atoms with Crippen molar-refractivity contribution in [1.29, 1.82) is 0 Å². The number of anilines is 2. The first-order chi connectivity index (χ1) is 10.6. The van der Waals surface area contributed by atoms with Crippen LogP contribution in [-0.2, 0) is 4.79 Å². The van der Waals surface area contributed by atoms with Gasteiger partial charge in [0.05, 0.1) is 5.69 Å². The third-order valence-electron chi connectivity index (χ3n) is 4.39. The van der Waals surface area contributed by atoms with Crippen LogP contribution in [0.25, 0.3) is 0 Å². The van der Waals surface area contributed by atoms with Gasteiger partial charge in [-0.05, 0) is 55.4 Å². The SMILES string of the molecule is O=C(Nc1ccc(N2CCCC2)c(F)c1)C1(O)CCSCC1. The van der Waals surface area contributed by atoms with Crippen LogP contribution in [0.3, 0.4) is 0 Å². The molecule has 4 nitrogen and oxygen atoms in total. The number of carbonyl (C=O) groups excluding carboxylic acids is 1. The lowest BCUT2D eigenvalue weighted by Gasteiger charge is -2.30. The maximum Gasteiger partial charge on any atom is 0.256 e. The third-order valence-corrected chi connectivity index (χ3v) is 5.38. The van der Waals surface area contributed by atoms with Crippen molar-refractivity contribution in [2.24, 2.45) is 0 Å². The first kappa shape index (κ1) is 15.6. The van der Waals surface area contributed by atoms with Crippen LogP contribution in [-0.4, -0.2) is 41.2 Å². The molecule has 0 atom stereocenters. The number of thioether (sulfide) groups is 1. The summed E-state index contributed by atoms with van der Waals surface area (Å²) < 4.78 is 14.2. The molecule has 1 amide bonds. The number of benzene rings is 1. The van der Waals surface area contributed by atoms with Gasteiger partial charge in [-0.15, -0.1) is 0 Å². The highest BCUT2D eigenvalue weighted by Gasteiger charge is 2.37. The van der Waals surface area contributed by atoms with Crippen molar-refractivity contribution in [2.45, 2.75) is 31.3 Å². The quantitative estimate of drug-likeness (QED) is 0.897. The van der Waals surface area contributed by atoms with E-state index >= 15 is 0 Å². The van der Waals surface area contributed by atoms with E-state index in [4.69, 9.17) is 0 Å². The molecule has 0 saturated carbocycles. The van der Waals surface area contributed by atoms with Crippen LogP contribution in [0.4, 0.5) is 15.8 Å². The third kappa shape index (κ3) is 3.22. The molecule has 2 saturated heterocycles. The van der Waals surface area contributed by atoms with E-state index in [0.717, 1.165) is 37.4 Å².